The lowest BCUT2D eigenvalue weighted by Gasteiger charge is -2.27. The second-order valence-electron chi connectivity index (χ2n) is 5.02. The molecule has 1 aromatic carbocycles. The molecule has 1 N–H and O–H groups in total. The Labute approximate surface area is 125 Å². The summed E-state index contributed by atoms with van der Waals surface area (Å²) in [5, 5.41) is 14.8. The third-order valence-corrected chi connectivity index (χ3v) is 4.34. The third kappa shape index (κ3) is 2.55. The van der Waals surface area contributed by atoms with E-state index in [1.165, 1.54) is 0 Å². The number of nitrogens with zero attached hydrogens (tertiary/aromatic N) is 2. The molecule has 0 unspecified atom stereocenters. The van der Waals surface area contributed by atoms with E-state index in [1.807, 2.05) is 23.0 Å². The van der Waals surface area contributed by atoms with Crippen LogP contribution >= 0.6 is 15.9 Å². The molecule has 0 spiro atoms. The normalized spacial score (nSPS) is 23.1. The summed E-state index contributed by atoms with van der Waals surface area (Å²) < 4.78 is 13.8. The van der Waals surface area contributed by atoms with Gasteiger partial charge in [-0.1, -0.05) is 0 Å². The minimum Gasteiger partial charge on any atom is -0.495 e. The highest BCUT2D eigenvalue weighted by molar-refractivity contribution is 9.10. The second-order valence-corrected chi connectivity index (χ2v) is 5.88. The van der Waals surface area contributed by atoms with Crippen molar-refractivity contribution < 1.29 is 14.6 Å². The lowest BCUT2D eigenvalue weighted by atomic mass is 10.1. The Morgan fingerprint density at radius 3 is 3.00 bits per heavy atom. The number of rotatable bonds is 3. The van der Waals surface area contributed by atoms with E-state index in [9.17, 15) is 0 Å². The average molecular weight is 341 g/mol. The standard InChI is InChI=1S/C14H17BrN2O3/c1-19-14-5-13-9(4-12(14)15)6-17(16-13)10-2-3-11(7-18)20-8-10/h4-6,10-11,18H,2-3,7-8H2,1H3/t10-,11-/m1/s1. The van der Waals surface area contributed by atoms with Crippen molar-refractivity contribution >= 4 is 26.8 Å². The maximum atomic E-state index is 9.08. The van der Waals surface area contributed by atoms with E-state index in [2.05, 4.69) is 21.0 Å². The molecule has 2 heterocycles. The number of halogens is 1. The number of fused-ring (bicyclic) bond motifs is 1. The Bertz CT molecular complexity index is 606. The Hall–Kier alpha value is -1.11. The van der Waals surface area contributed by atoms with E-state index in [1.54, 1.807) is 7.11 Å². The van der Waals surface area contributed by atoms with Crippen LogP contribution in [0.3, 0.4) is 0 Å². The number of methoxy groups -OCH3 is 1. The Morgan fingerprint density at radius 1 is 1.50 bits per heavy atom. The van der Waals surface area contributed by atoms with Gasteiger partial charge in [-0.25, -0.2) is 0 Å². The molecule has 2 aromatic rings. The Balaban J connectivity index is 1.86. The molecule has 1 aliphatic rings. The molecule has 20 heavy (non-hydrogen) atoms. The summed E-state index contributed by atoms with van der Waals surface area (Å²) >= 11 is 3.49. The van der Waals surface area contributed by atoms with Gasteiger partial charge in [0.2, 0.25) is 0 Å². The van der Waals surface area contributed by atoms with Crippen LogP contribution in [0.15, 0.2) is 22.8 Å². The van der Waals surface area contributed by atoms with Crippen LogP contribution in [0.25, 0.3) is 10.9 Å². The van der Waals surface area contributed by atoms with Crippen LogP contribution in [0.2, 0.25) is 0 Å². The summed E-state index contributed by atoms with van der Waals surface area (Å²) in [5.74, 6) is 0.781. The van der Waals surface area contributed by atoms with Gasteiger partial charge >= 0.3 is 0 Å². The Kier molecular flexibility index (Phi) is 3.96. The maximum absolute atomic E-state index is 9.08. The molecule has 6 heteroatoms. The fraction of sp³-hybridized carbons (Fsp3) is 0.500. The van der Waals surface area contributed by atoms with Gasteiger partial charge < -0.3 is 14.6 Å². The van der Waals surface area contributed by atoms with Crippen molar-refractivity contribution in [3.05, 3.63) is 22.8 Å². The molecule has 1 aromatic heterocycles. The van der Waals surface area contributed by atoms with Crippen molar-refractivity contribution in [2.75, 3.05) is 20.3 Å². The summed E-state index contributed by atoms with van der Waals surface area (Å²) in [6.07, 6.45) is 3.85. The minimum absolute atomic E-state index is 0.0227. The van der Waals surface area contributed by atoms with E-state index in [0.717, 1.165) is 34.0 Å². The Morgan fingerprint density at radius 2 is 2.35 bits per heavy atom. The number of aliphatic hydroxyl groups is 1. The van der Waals surface area contributed by atoms with Gasteiger partial charge in [0.05, 0.1) is 42.5 Å². The first-order chi connectivity index (χ1) is 9.71. The maximum Gasteiger partial charge on any atom is 0.135 e. The summed E-state index contributed by atoms with van der Waals surface area (Å²) in [6, 6.07) is 4.17. The first-order valence-corrected chi connectivity index (χ1v) is 7.45. The molecule has 0 aliphatic carbocycles. The van der Waals surface area contributed by atoms with Gasteiger partial charge in [-0.15, -0.1) is 0 Å². The third-order valence-electron chi connectivity index (χ3n) is 3.72. The zero-order valence-corrected chi connectivity index (χ0v) is 12.8. The SMILES string of the molecule is COc1cc2nn([C@@H]3CC[C@H](CO)OC3)cc2cc1Br. The fourth-order valence-electron chi connectivity index (χ4n) is 2.53. The number of aliphatic hydroxyl groups excluding tert-OH is 1. The molecular formula is C14H17BrN2O3. The molecule has 3 rings (SSSR count). The molecule has 5 nitrogen and oxygen atoms in total. The van der Waals surface area contributed by atoms with Crippen molar-refractivity contribution in [3.8, 4) is 5.75 Å². The highest BCUT2D eigenvalue weighted by Crippen LogP contribution is 2.31. The number of aromatic nitrogens is 2. The molecule has 108 valence electrons. The molecule has 0 bridgehead atoms. The molecule has 1 aliphatic heterocycles. The van der Waals surface area contributed by atoms with Gasteiger partial charge in [0, 0.05) is 17.6 Å². The van der Waals surface area contributed by atoms with E-state index in [-0.39, 0.29) is 18.8 Å². The lowest BCUT2D eigenvalue weighted by molar-refractivity contribution is -0.0410. The highest BCUT2D eigenvalue weighted by atomic mass is 79.9. The van der Waals surface area contributed by atoms with Gasteiger partial charge in [-0.05, 0) is 34.8 Å². The predicted molar refractivity (Wildman–Crippen MR) is 79.1 cm³/mol. The van der Waals surface area contributed by atoms with Crippen LogP contribution in [0.5, 0.6) is 5.75 Å². The van der Waals surface area contributed by atoms with E-state index in [0.29, 0.717) is 6.61 Å². The monoisotopic (exact) mass is 340 g/mol. The molecule has 2 atom stereocenters. The van der Waals surface area contributed by atoms with Gasteiger partial charge in [0.1, 0.15) is 5.75 Å². The first-order valence-electron chi connectivity index (χ1n) is 6.66. The van der Waals surface area contributed by atoms with Crippen molar-refractivity contribution in [2.45, 2.75) is 25.0 Å². The predicted octanol–water partition coefficient (Wildman–Crippen LogP) is 2.52. The first kappa shape index (κ1) is 13.9. The highest BCUT2D eigenvalue weighted by Gasteiger charge is 2.23. The van der Waals surface area contributed by atoms with Crippen molar-refractivity contribution in [1.29, 1.82) is 0 Å². The van der Waals surface area contributed by atoms with Crippen molar-refractivity contribution in [1.82, 2.24) is 9.78 Å². The summed E-state index contributed by atoms with van der Waals surface area (Å²) in [7, 11) is 1.65. The van der Waals surface area contributed by atoms with E-state index in [4.69, 9.17) is 14.6 Å². The molecule has 0 radical (unpaired) electrons. The topological polar surface area (TPSA) is 56.5 Å². The fourth-order valence-corrected chi connectivity index (χ4v) is 3.05. The van der Waals surface area contributed by atoms with Gasteiger partial charge in [-0.3, -0.25) is 4.68 Å². The average Bonchev–Trinajstić information content (AvgIpc) is 2.89. The second kappa shape index (κ2) is 5.71. The molecule has 1 fully saturated rings. The van der Waals surface area contributed by atoms with Crippen molar-refractivity contribution in [3.63, 3.8) is 0 Å². The smallest absolute Gasteiger partial charge is 0.135 e. The van der Waals surface area contributed by atoms with Crippen molar-refractivity contribution in [2.24, 2.45) is 0 Å². The minimum atomic E-state index is -0.0227. The largest absolute Gasteiger partial charge is 0.495 e. The van der Waals surface area contributed by atoms with E-state index < -0.39 is 0 Å². The van der Waals surface area contributed by atoms with Crippen LogP contribution in [0.1, 0.15) is 18.9 Å². The lowest BCUT2D eigenvalue weighted by Crippen LogP contribution is -2.30. The van der Waals surface area contributed by atoms with Crippen LogP contribution in [-0.4, -0.2) is 41.3 Å². The van der Waals surface area contributed by atoms with Crippen LogP contribution in [0.4, 0.5) is 0 Å². The zero-order valence-electron chi connectivity index (χ0n) is 11.3. The molecular weight excluding hydrogens is 324 g/mol. The van der Waals surface area contributed by atoms with Gasteiger partial charge in [-0.2, -0.15) is 5.10 Å². The molecule has 1 saturated heterocycles. The summed E-state index contributed by atoms with van der Waals surface area (Å²) in [5.41, 5.74) is 0.911. The van der Waals surface area contributed by atoms with Gasteiger partial charge in [0.25, 0.3) is 0 Å². The van der Waals surface area contributed by atoms with E-state index >= 15 is 0 Å². The van der Waals surface area contributed by atoms with Crippen LogP contribution in [0, 0.1) is 0 Å². The van der Waals surface area contributed by atoms with Gasteiger partial charge in [0.15, 0.2) is 0 Å². The number of hydrogen-bond acceptors (Lipinski definition) is 4. The summed E-state index contributed by atoms with van der Waals surface area (Å²) in [4.78, 5) is 0. The molecule has 0 saturated carbocycles. The summed E-state index contributed by atoms with van der Waals surface area (Å²) in [6.45, 7) is 0.690. The molecule has 0 amide bonds. The van der Waals surface area contributed by atoms with Crippen LogP contribution in [-0.2, 0) is 4.74 Å². The zero-order chi connectivity index (χ0) is 14.1. The quantitative estimate of drug-likeness (QED) is 0.932. The van der Waals surface area contributed by atoms with Crippen LogP contribution < -0.4 is 4.74 Å². The number of benzene rings is 1. The number of hydrogen-bond donors (Lipinski definition) is 1. The number of ether oxygens (including phenoxy) is 2.